The van der Waals surface area contributed by atoms with Gasteiger partial charge in [0, 0.05) is 24.7 Å². The summed E-state index contributed by atoms with van der Waals surface area (Å²) in [4.78, 5) is 31.1. The predicted octanol–water partition coefficient (Wildman–Crippen LogP) is 4.06. The smallest absolute Gasteiger partial charge is 0.263 e. The van der Waals surface area contributed by atoms with Crippen LogP contribution in [0.5, 0.6) is 0 Å². The Hall–Kier alpha value is -3.44. The van der Waals surface area contributed by atoms with Crippen LogP contribution in [0.4, 0.5) is 9.52 Å². The summed E-state index contributed by atoms with van der Waals surface area (Å²) in [7, 11) is -3.73. The van der Waals surface area contributed by atoms with Crippen molar-refractivity contribution in [1.82, 2.24) is 9.88 Å². The highest BCUT2D eigenvalue weighted by Crippen LogP contribution is 2.30. The van der Waals surface area contributed by atoms with Crippen LogP contribution < -0.4 is 4.72 Å². The first-order chi connectivity index (χ1) is 17.2. The van der Waals surface area contributed by atoms with Crippen molar-refractivity contribution in [2.75, 3.05) is 17.8 Å². The van der Waals surface area contributed by atoms with E-state index in [0.29, 0.717) is 36.6 Å². The average molecular weight is 529 g/mol. The van der Waals surface area contributed by atoms with Crippen molar-refractivity contribution in [3.63, 3.8) is 0 Å². The molecule has 1 amide bonds. The first kappa shape index (κ1) is 25.6. The minimum absolute atomic E-state index is 0.130. The molecule has 1 aromatic heterocycles. The number of amides is 1. The van der Waals surface area contributed by atoms with Gasteiger partial charge in [0.15, 0.2) is 5.13 Å². The van der Waals surface area contributed by atoms with Gasteiger partial charge in [0.1, 0.15) is 17.5 Å². The van der Waals surface area contributed by atoms with Gasteiger partial charge in [0.05, 0.1) is 10.6 Å². The summed E-state index contributed by atoms with van der Waals surface area (Å²) in [6.45, 7) is 2.11. The van der Waals surface area contributed by atoms with Crippen LogP contribution in [-0.2, 0) is 19.6 Å². The molecule has 8 nitrogen and oxygen atoms in total. The van der Waals surface area contributed by atoms with E-state index in [1.54, 1.807) is 34.5 Å². The fraction of sp³-hybridized carbons (Fsp3) is 0.280. The number of ketones is 1. The molecule has 36 heavy (non-hydrogen) atoms. The number of nitrogens with zero attached hydrogens (tertiary/aromatic N) is 2. The molecule has 0 spiro atoms. The Morgan fingerprint density at radius 2 is 1.75 bits per heavy atom. The lowest BCUT2D eigenvalue weighted by molar-refractivity contribution is -0.138. The van der Waals surface area contributed by atoms with E-state index >= 15 is 0 Å². The van der Waals surface area contributed by atoms with Crippen LogP contribution in [0, 0.1) is 17.1 Å². The number of Topliss-reactive ketones (excluding diaryl/α,β-unsaturated/α-hetero) is 1. The van der Waals surface area contributed by atoms with Crippen molar-refractivity contribution in [2.45, 2.75) is 30.6 Å². The third-order valence-corrected chi connectivity index (χ3v) is 8.39. The highest BCUT2D eigenvalue weighted by molar-refractivity contribution is 7.93. The number of hydrogen-bond acceptors (Lipinski definition) is 7. The highest BCUT2D eigenvalue weighted by Gasteiger charge is 2.34. The van der Waals surface area contributed by atoms with Crippen molar-refractivity contribution in [3.8, 4) is 0 Å². The maximum Gasteiger partial charge on any atom is 0.263 e. The van der Waals surface area contributed by atoms with Crippen LogP contribution in [0.1, 0.15) is 36.8 Å². The molecule has 2 N–H and O–H groups in total. The van der Waals surface area contributed by atoms with Crippen molar-refractivity contribution >= 4 is 43.9 Å². The number of likely N-dealkylation sites (tertiary alicyclic amines) is 1. The number of anilines is 1. The van der Waals surface area contributed by atoms with Crippen molar-refractivity contribution in [2.24, 2.45) is 5.92 Å². The summed E-state index contributed by atoms with van der Waals surface area (Å²) >= 11 is 1.19. The second-order valence-electron chi connectivity index (χ2n) is 8.58. The standard InChI is InChI=1S/C25H25FN4O4S2/c1-16(31)22(23(27)19-2-6-20(26)7-3-19)24(32)30-13-10-18(11-14-30)17-4-8-21(9-5-17)36(33,34)29-25-28-12-15-35-25/h2-9,12,15,18,22,27H,10-11,13-14H2,1H3,(H,28,29). The molecule has 1 saturated heterocycles. The zero-order valence-corrected chi connectivity index (χ0v) is 21.1. The van der Waals surface area contributed by atoms with Gasteiger partial charge in [-0.2, -0.15) is 0 Å². The first-order valence-corrected chi connectivity index (χ1v) is 13.7. The van der Waals surface area contributed by atoms with Gasteiger partial charge >= 0.3 is 0 Å². The number of carbonyl (C=O) groups is 2. The molecule has 3 aromatic rings. The fourth-order valence-corrected chi connectivity index (χ4v) is 6.07. The summed E-state index contributed by atoms with van der Waals surface area (Å²) in [6.07, 6.45) is 2.81. The zero-order valence-electron chi connectivity index (χ0n) is 19.5. The number of hydrogen-bond donors (Lipinski definition) is 2. The number of nitrogens with one attached hydrogen (secondary N) is 2. The number of benzene rings is 2. The quantitative estimate of drug-likeness (QED) is 0.337. The van der Waals surface area contributed by atoms with Crippen molar-refractivity contribution < 1.29 is 22.4 Å². The maximum atomic E-state index is 13.2. The fourth-order valence-electron chi connectivity index (χ4n) is 4.28. The number of rotatable bonds is 8. The van der Waals surface area contributed by atoms with Crippen molar-refractivity contribution in [1.29, 1.82) is 5.41 Å². The molecular weight excluding hydrogens is 503 g/mol. The summed E-state index contributed by atoms with van der Waals surface area (Å²) in [6, 6.07) is 11.8. The van der Waals surface area contributed by atoms with Crippen molar-refractivity contribution in [3.05, 3.63) is 77.1 Å². The lowest BCUT2D eigenvalue weighted by atomic mass is 9.87. The minimum Gasteiger partial charge on any atom is -0.342 e. The molecule has 2 aromatic carbocycles. The van der Waals surface area contributed by atoms with Crippen LogP contribution in [0.15, 0.2) is 65.0 Å². The molecule has 1 aliphatic rings. The number of halogens is 1. The largest absolute Gasteiger partial charge is 0.342 e. The molecule has 1 aliphatic heterocycles. The molecule has 2 heterocycles. The molecule has 0 saturated carbocycles. The van der Waals surface area contributed by atoms with E-state index < -0.39 is 33.4 Å². The minimum atomic E-state index is -3.73. The third kappa shape index (κ3) is 5.68. The van der Waals surface area contributed by atoms with E-state index in [1.165, 1.54) is 48.7 Å². The van der Waals surface area contributed by atoms with E-state index in [9.17, 15) is 22.4 Å². The summed E-state index contributed by atoms with van der Waals surface area (Å²) in [5, 5.41) is 10.4. The van der Waals surface area contributed by atoms with E-state index in [4.69, 9.17) is 5.41 Å². The highest BCUT2D eigenvalue weighted by atomic mass is 32.2. The molecule has 1 unspecified atom stereocenters. The van der Waals surface area contributed by atoms with Gasteiger partial charge in [-0.1, -0.05) is 24.3 Å². The van der Waals surface area contributed by atoms with Gasteiger partial charge in [-0.15, -0.1) is 11.3 Å². The van der Waals surface area contributed by atoms with Crippen LogP contribution in [0.3, 0.4) is 0 Å². The number of carbonyl (C=O) groups excluding carboxylic acids is 2. The van der Waals surface area contributed by atoms with Gasteiger partial charge in [0.25, 0.3) is 10.0 Å². The lowest BCUT2D eigenvalue weighted by Gasteiger charge is -2.34. The van der Waals surface area contributed by atoms with Gasteiger partial charge in [0.2, 0.25) is 5.91 Å². The molecule has 188 valence electrons. The molecule has 4 rings (SSSR count). The molecule has 0 radical (unpaired) electrons. The first-order valence-electron chi connectivity index (χ1n) is 11.3. The summed E-state index contributed by atoms with van der Waals surface area (Å²) in [5.41, 5.74) is 1.16. The van der Waals surface area contributed by atoms with Crippen LogP contribution >= 0.6 is 11.3 Å². The third-order valence-electron chi connectivity index (χ3n) is 6.22. The van der Waals surface area contributed by atoms with E-state index in [1.807, 2.05) is 0 Å². The SMILES string of the molecule is CC(=O)C(C(=N)c1ccc(F)cc1)C(=O)N1CCC(c2ccc(S(=O)(=O)Nc3nccs3)cc2)CC1. The van der Waals surface area contributed by atoms with Crippen LogP contribution in [0.2, 0.25) is 0 Å². The zero-order chi connectivity index (χ0) is 25.9. The second-order valence-corrected chi connectivity index (χ2v) is 11.2. The normalized spacial score (nSPS) is 15.3. The summed E-state index contributed by atoms with van der Waals surface area (Å²) in [5.74, 6) is -2.42. The Labute approximate surface area is 212 Å². The lowest BCUT2D eigenvalue weighted by Crippen LogP contribution is -2.45. The molecule has 0 bridgehead atoms. The van der Waals surface area contributed by atoms with Gasteiger partial charge < -0.3 is 10.3 Å². The Morgan fingerprint density at radius 3 is 2.31 bits per heavy atom. The van der Waals surface area contributed by atoms with Crippen LogP contribution in [0.25, 0.3) is 0 Å². The van der Waals surface area contributed by atoms with E-state index in [2.05, 4.69) is 9.71 Å². The molecule has 1 fully saturated rings. The van der Waals surface area contributed by atoms with E-state index in [-0.39, 0.29) is 16.5 Å². The second kappa shape index (κ2) is 10.7. The monoisotopic (exact) mass is 528 g/mol. The topological polar surface area (TPSA) is 120 Å². The Bertz CT molecular complexity index is 1350. The Morgan fingerprint density at radius 1 is 1.11 bits per heavy atom. The number of sulfonamides is 1. The molecule has 0 aliphatic carbocycles. The van der Waals surface area contributed by atoms with Gasteiger partial charge in [-0.05, 0) is 61.1 Å². The number of thiazole rings is 1. The maximum absolute atomic E-state index is 13.2. The predicted molar refractivity (Wildman–Crippen MR) is 135 cm³/mol. The van der Waals surface area contributed by atoms with Gasteiger partial charge in [-0.3, -0.25) is 14.3 Å². The number of aromatic nitrogens is 1. The molecule has 11 heteroatoms. The van der Waals surface area contributed by atoms with E-state index in [0.717, 1.165) is 5.56 Å². The molecule has 1 atom stereocenters. The van der Waals surface area contributed by atoms with Crippen LogP contribution in [-0.4, -0.2) is 48.8 Å². The Balaban J connectivity index is 1.39. The van der Waals surface area contributed by atoms with Gasteiger partial charge in [-0.25, -0.2) is 17.8 Å². The molecular formula is C25H25FN4O4S2. The Kier molecular flexibility index (Phi) is 7.60. The summed E-state index contributed by atoms with van der Waals surface area (Å²) < 4.78 is 40.8. The number of piperidine rings is 1. The average Bonchev–Trinajstić information content (AvgIpc) is 3.37.